The van der Waals surface area contributed by atoms with E-state index in [4.69, 9.17) is 0 Å². The number of pyridine rings is 1. The number of hydrogen-bond donors (Lipinski definition) is 0. The predicted molar refractivity (Wildman–Crippen MR) is 98.1 cm³/mol. The first-order valence-electron chi connectivity index (χ1n) is 7.89. The molecule has 0 saturated heterocycles. The third-order valence-corrected chi connectivity index (χ3v) is 4.44. The SMILES string of the molecule is CC(C)Cc1nc2ccc(Br)cc2c(-c2c(F)cccc2F)c1C#N. The summed E-state index contributed by atoms with van der Waals surface area (Å²) in [6, 6.07) is 11.2. The van der Waals surface area contributed by atoms with Crippen molar-refractivity contribution in [3.8, 4) is 17.2 Å². The molecule has 0 aliphatic heterocycles. The number of nitriles is 1. The summed E-state index contributed by atoms with van der Waals surface area (Å²) in [5, 5.41) is 10.3. The smallest absolute Gasteiger partial charge is 0.134 e. The number of hydrogen-bond acceptors (Lipinski definition) is 2. The van der Waals surface area contributed by atoms with Gasteiger partial charge in [-0.3, -0.25) is 4.98 Å². The number of rotatable bonds is 3. The number of benzene rings is 2. The minimum atomic E-state index is -0.695. The first kappa shape index (κ1) is 17.5. The van der Waals surface area contributed by atoms with E-state index in [9.17, 15) is 14.0 Å². The average molecular weight is 401 g/mol. The maximum absolute atomic E-state index is 14.5. The van der Waals surface area contributed by atoms with Crippen molar-refractivity contribution in [3.05, 3.63) is 63.8 Å². The van der Waals surface area contributed by atoms with Gasteiger partial charge in [-0.05, 0) is 42.7 Å². The Bertz CT molecular complexity index is 986. The second-order valence-corrected chi connectivity index (χ2v) is 7.19. The van der Waals surface area contributed by atoms with Gasteiger partial charge in [0.25, 0.3) is 0 Å². The molecule has 1 aromatic heterocycles. The van der Waals surface area contributed by atoms with E-state index >= 15 is 0 Å². The van der Waals surface area contributed by atoms with Crippen molar-refractivity contribution in [2.45, 2.75) is 20.3 Å². The highest BCUT2D eigenvalue weighted by Crippen LogP contribution is 2.37. The molecule has 2 aromatic carbocycles. The highest BCUT2D eigenvalue weighted by atomic mass is 79.9. The quantitative estimate of drug-likeness (QED) is 0.539. The van der Waals surface area contributed by atoms with Gasteiger partial charge in [0.15, 0.2) is 0 Å². The van der Waals surface area contributed by atoms with E-state index in [0.717, 1.165) is 4.47 Å². The van der Waals surface area contributed by atoms with Crippen LogP contribution in [0.3, 0.4) is 0 Å². The summed E-state index contributed by atoms with van der Waals surface area (Å²) in [6.07, 6.45) is 0.554. The highest BCUT2D eigenvalue weighted by molar-refractivity contribution is 9.10. The summed E-state index contributed by atoms with van der Waals surface area (Å²) < 4.78 is 29.7. The molecule has 0 spiro atoms. The second kappa shape index (κ2) is 6.89. The van der Waals surface area contributed by atoms with Crippen LogP contribution in [0.2, 0.25) is 0 Å². The van der Waals surface area contributed by atoms with Crippen molar-refractivity contribution in [1.82, 2.24) is 4.98 Å². The van der Waals surface area contributed by atoms with Crippen LogP contribution in [0.1, 0.15) is 25.1 Å². The van der Waals surface area contributed by atoms with Gasteiger partial charge in [0.2, 0.25) is 0 Å². The van der Waals surface area contributed by atoms with Crippen molar-refractivity contribution < 1.29 is 8.78 Å². The van der Waals surface area contributed by atoms with Gasteiger partial charge in [-0.2, -0.15) is 5.26 Å². The van der Waals surface area contributed by atoms with Crippen molar-refractivity contribution in [3.63, 3.8) is 0 Å². The Labute approximate surface area is 153 Å². The molecule has 0 bridgehead atoms. The zero-order valence-corrected chi connectivity index (χ0v) is 15.4. The fraction of sp³-hybridized carbons (Fsp3) is 0.200. The Kier molecular flexibility index (Phi) is 4.82. The van der Waals surface area contributed by atoms with E-state index < -0.39 is 11.6 Å². The molecule has 1 heterocycles. The van der Waals surface area contributed by atoms with E-state index in [2.05, 4.69) is 27.0 Å². The lowest BCUT2D eigenvalue weighted by Gasteiger charge is -2.15. The molecular weight excluding hydrogens is 386 g/mol. The van der Waals surface area contributed by atoms with Crippen LogP contribution in [0.25, 0.3) is 22.0 Å². The topological polar surface area (TPSA) is 36.7 Å². The van der Waals surface area contributed by atoms with Gasteiger partial charge >= 0.3 is 0 Å². The lowest BCUT2D eigenvalue weighted by molar-refractivity contribution is 0.589. The normalized spacial score (nSPS) is 11.1. The maximum Gasteiger partial charge on any atom is 0.134 e. The number of nitrogens with zero attached hydrogens (tertiary/aromatic N) is 2. The van der Waals surface area contributed by atoms with Crippen LogP contribution in [0.5, 0.6) is 0 Å². The summed E-state index contributed by atoms with van der Waals surface area (Å²) in [5.74, 6) is -1.13. The maximum atomic E-state index is 14.5. The Morgan fingerprint density at radius 3 is 2.40 bits per heavy atom. The van der Waals surface area contributed by atoms with E-state index in [-0.39, 0.29) is 22.6 Å². The molecule has 5 heteroatoms. The van der Waals surface area contributed by atoms with Gasteiger partial charge in [-0.25, -0.2) is 8.78 Å². The molecule has 3 rings (SSSR count). The number of fused-ring (bicyclic) bond motifs is 1. The standard InChI is InChI=1S/C20H15BrF2N2/c1-11(2)8-18-14(10-24)19(20-15(22)4-3-5-16(20)23)13-9-12(21)6-7-17(13)25-18/h3-7,9,11H,8H2,1-2H3. The molecule has 3 aromatic rings. The summed E-state index contributed by atoms with van der Waals surface area (Å²) >= 11 is 3.38. The summed E-state index contributed by atoms with van der Waals surface area (Å²) in [4.78, 5) is 4.58. The van der Waals surface area contributed by atoms with Crippen molar-refractivity contribution in [1.29, 1.82) is 5.26 Å². The zero-order chi connectivity index (χ0) is 18.1. The zero-order valence-electron chi connectivity index (χ0n) is 13.8. The number of halogens is 3. The predicted octanol–water partition coefficient (Wildman–Crippen LogP) is 6.01. The monoisotopic (exact) mass is 400 g/mol. The molecule has 0 fully saturated rings. The molecule has 0 saturated carbocycles. The molecule has 2 nitrogen and oxygen atoms in total. The van der Waals surface area contributed by atoms with Crippen LogP contribution in [0, 0.1) is 28.9 Å². The van der Waals surface area contributed by atoms with Crippen LogP contribution in [-0.2, 0) is 6.42 Å². The van der Waals surface area contributed by atoms with Crippen molar-refractivity contribution in [2.24, 2.45) is 5.92 Å². The molecule has 0 unspecified atom stereocenters. The van der Waals surface area contributed by atoms with Crippen LogP contribution < -0.4 is 0 Å². The third-order valence-electron chi connectivity index (χ3n) is 3.95. The van der Waals surface area contributed by atoms with Crippen LogP contribution in [0.4, 0.5) is 8.78 Å². The van der Waals surface area contributed by atoms with Gasteiger partial charge < -0.3 is 0 Å². The summed E-state index contributed by atoms with van der Waals surface area (Å²) in [7, 11) is 0. The van der Waals surface area contributed by atoms with Gasteiger partial charge in [-0.1, -0.05) is 35.8 Å². The largest absolute Gasteiger partial charge is 0.251 e. The molecule has 126 valence electrons. The Hall–Kier alpha value is -2.32. The molecule has 0 radical (unpaired) electrons. The molecule has 25 heavy (non-hydrogen) atoms. The Balaban J connectivity index is 2.50. The lowest BCUT2D eigenvalue weighted by atomic mass is 9.91. The van der Waals surface area contributed by atoms with E-state index in [0.29, 0.717) is 23.0 Å². The fourth-order valence-electron chi connectivity index (χ4n) is 2.94. The fourth-order valence-corrected chi connectivity index (χ4v) is 3.30. The first-order chi connectivity index (χ1) is 11.9. The Morgan fingerprint density at radius 1 is 1.12 bits per heavy atom. The minimum Gasteiger partial charge on any atom is -0.251 e. The van der Waals surface area contributed by atoms with Gasteiger partial charge in [0.1, 0.15) is 17.7 Å². The molecular formula is C20H15BrF2N2. The van der Waals surface area contributed by atoms with E-state index in [1.54, 1.807) is 12.1 Å². The van der Waals surface area contributed by atoms with E-state index in [1.807, 2.05) is 19.9 Å². The van der Waals surface area contributed by atoms with E-state index in [1.165, 1.54) is 18.2 Å². The molecule has 0 N–H and O–H groups in total. The van der Waals surface area contributed by atoms with Crippen LogP contribution >= 0.6 is 15.9 Å². The van der Waals surface area contributed by atoms with Crippen molar-refractivity contribution in [2.75, 3.05) is 0 Å². The minimum absolute atomic E-state index is 0.186. The number of aromatic nitrogens is 1. The molecule has 0 aliphatic rings. The summed E-state index contributed by atoms with van der Waals surface area (Å²) in [6.45, 7) is 4.02. The first-order valence-corrected chi connectivity index (χ1v) is 8.68. The molecule has 0 amide bonds. The second-order valence-electron chi connectivity index (χ2n) is 6.28. The van der Waals surface area contributed by atoms with Crippen molar-refractivity contribution >= 4 is 26.8 Å². The van der Waals surface area contributed by atoms with Crippen LogP contribution in [0.15, 0.2) is 40.9 Å². The Morgan fingerprint density at radius 2 is 1.80 bits per heavy atom. The van der Waals surface area contributed by atoms with Gasteiger partial charge in [0.05, 0.1) is 22.3 Å². The van der Waals surface area contributed by atoms with Gasteiger partial charge in [0, 0.05) is 15.4 Å². The summed E-state index contributed by atoms with van der Waals surface area (Å²) in [5.41, 5.74) is 1.47. The average Bonchev–Trinajstić information content (AvgIpc) is 2.54. The molecule has 0 aliphatic carbocycles. The highest BCUT2D eigenvalue weighted by Gasteiger charge is 2.22. The third kappa shape index (κ3) is 3.27. The van der Waals surface area contributed by atoms with Gasteiger partial charge in [-0.15, -0.1) is 0 Å². The lowest BCUT2D eigenvalue weighted by Crippen LogP contribution is -2.05. The van der Waals surface area contributed by atoms with Crippen LogP contribution in [-0.4, -0.2) is 4.98 Å². The molecule has 0 atom stereocenters.